The molecule has 1 amide bonds. The third-order valence-electron chi connectivity index (χ3n) is 4.15. The van der Waals surface area contributed by atoms with Crippen LogP contribution in [0.15, 0.2) is 0 Å². The number of hydrogen-bond donors (Lipinski definition) is 0. The molecule has 2 fully saturated rings. The fraction of sp³-hybridized carbons (Fsp3) is 0.929. The molecule has 0 bridgehead atoms. The van der Waals surface area contributed by atoms with Gasteiger partial charge < -0.3 is 14.4 Å². The highest BCUT2D eigenvalue weighted by Gasteiger charge is 2.44. The van der Waals surface area contributed by atoms with Crippen molar-refractivity contribution in [2.45, 2.75) is 51.7 Å². The average Bonchev–Trinajstić information content (AvgIpc) is 2.68. The Kier molecular flexibility index (Phi) is 5.00. The van der Waals surface area contributed by atoms with E-state index in [4.69, 9.17) is 20.2 Å². The van der Waals surface area contributed by atoms with E-state index in [1.165, 1.54) is 0 Å². The number of carbonyl (C=O) groups excluding carboxylic acids is 1. The zero-order valence-electron chi connectivity index (χ0n) is 13.3. The Morgan fingerprint density at radius 3 is 2.45 bits per heavy atom. The number of likely N-dealkylation sites (tertiary alicyclic amines) is 1. The molecule has 2 heterocycles. The van der Waals surface area contributed by atoms with E-state index in [1.807, 2.05) is 20.8 Å². The molecule has 0 N–H and O–H groups in total. The lowest BCUT2D eigenvalue weighted by atomic mass is 9.77. The van der Waals surface area contributed by atoms with Crippen molar-refractivity contribution in [3.63, 3.8) is 0 Å². The number of amides is 1. The summed E-state index contributed by atoms with van der Waals surface area (Å²) in [5.74, 6) is -0.147. The Hall–Kier alpha value is -0.530. The van der Waals surface area contributed by atoms with E-state index in [2.05, 4.69) is 0 Å². The minimum absolute atomic E-state index is 0.0369. The molecule has 2 aliphatic heterocycles. The molecule has 0 aromatic heterocycles. The van der Waals surface area contributed by atoms with Gasteiger partial charge in [0.05, 0.1) is 18.5 Å². The van der Waals surface area contributed by atoms with E-state index in [0.717, 1.165) is 12.8 Å². The van der Waals surface area contributed by atoms with Crippen molar-refractivity contribution in [1.29, 1.82) is 0 Å². The molecule has 1 unspecified atom stereocenters. The maximum atomic E-state index is 12.0. The Labute approximate surface area is 136 Å². The molecule has 22 heavy (non-hydrogen) atoms. The standard InChI is InChI=1S/C14H24ClNO5S/c1-13(2,3)21-12(17)16-6-4-14(5-7-16)8-11(20-10-14)9-22(15,18)19/h11H,4-10H2,1-3H3. The molecule has 1 atom stereocenters. The molecule has 2 saturated heterocycles. The quantitative estimate of drug-likeness (QED) is 0.712. The SMILES string of the molecule is CC(C)(C)OC(=O)N1CCC2(CC1)COC(CS(=O)(=O)Cl)C2. The van der Waals surface area contributed by atoms with Crippen LogP contribution in [0.25, 0.3) is 0 Å². The monoisotopic (exact) mass is 353 g/mol. The molecule has 8 heteroatoms. The summed E-state index contributed by atoms with van der Waals surface area (Å²) in [5, 5.41) is 0. The van der Waals surface area contributed by atoms with E-state index in [-0.39, 0.29) is 23.4 Å². The molecule has 0 aliphatic carbocycles. The van der Waals surface area contributed by atoms with E-state index in [0.29, 0.717) is 26.1 Å². The van der Waals surface area contributed by atoms with Gasteiger partial charge in [0.25, 0.3) is 0 Å². The molecule has 128 valence electrons. The second-order valence-corrected chi connectivity index (χ2v) is 10.1. The van der Waals surface area contributed by atoms with Crippen LogP contribution in [0.1, 0.15) is 40.0 Å². The summed E-state index contributed by atoms with van der Waals surface area (Å²) in [6, 6.07) is 0. The van der Waals surface area contributed by atoms with Gasteiger partial charge in [-0.05, 0) is 45.4 Å². The Morgan fingerprint density at radius 1 is 1.36 bits per heavy atom. The predicted octanol–water partition coefficient (Wildman–Crippen LogP) is 2.36. The van der Waals surface area contributed by atoms with Crippen LogP contribution in [-0.2, 0) is 18.5 Å². The van der Waals surface area contributed by atoms with E-state index < -0.39 is 14.7 Å². The highest BCUT2D eigenvalue weighted by atomic mass is 35.7. The molecule has 0 radical (unpaired) electrons. The molecule has 2 aliphatic rings. The minimum atomic E-state index is -3.54. The lowest BCUT2D eigenvalue weighted by Gasteiger charge is -2.38. The number of rotatable bonds is 2. The van der Waals surface area contributed by atoms with Gasteiger partial charge in [0, 0.05) is 23.8 Å². The lowest BCUT2D eigenvalue weighted by Crippen LogP contribution is -2.45. The van der Waals surface area contributed by atoms with Gasteiger partial charge in [0.15, 0.2) is 0 Å². The number of hydrogen-bond acceptors (Lipinski definition) is 5. The largest absolute Gasteiger partial charge is 0.444 e. The highest BCUT2D eigenvalue weighted by Crippen LogP contribution is 2.42. The topological polar surface area (TPSA) is 72.9 Å². The summed E-state index contributed by atoms with van der Waals surface area (Å²) in [4.78, 5) is 13.8. The van der Waals surface area contributed by atoms with Gasteiger partial charge in [0.2, 0.25) is 9.05 Å². The van der Waals surface area contributed by atoms with Crippen LogP contribution in [0, 0.1) is 5.41 Å². The molecule has 6 nitrogen and oxygen atoms in total. The average molecular weight is 354 g/mol. The maximum absolute atomic E-state index is 12.0. The van der Waals surface area contributed by atoms with Crippen molar-refractivity contribution >= 4 is 25.8 Å². The van der Waals surface area contributed by atoms with Crippen LogP contribution >= 0.6 is 10.7 Å². The van der Waals surface area contributed by atoms with E-state index >= 15 is 0 Å². The highest BCUT2D eigenvalue weighted by molar-refractivity contribution is 8.13. The van der Waals surface area contributed by atoms with Gasteiger partial charge >= 0.3 is 6.09 Å². The fourth-order valence-corrected chi connectivity index (χ4v) is 4.14. The van der Waals surface area contributed by atoms with Crippen molar-refractivity contribution in [1.82, 2.24) is 4.90 Å². The van der Waals surface area contributed by atoms with E-state index in [1.54, 1.807) is 4.90 Å². The maximum Gasteiger partial charge on any atom is 0.410 e. The first-order valence-corrected chi connectivity index (χ1v) is 9.98. The summed E-state index contributed by atoms with van der Waals surface area (Å²) >= 11 is 0. The first-order chi connectivity index (χ1) is 9.98. The zero-order chi connectivity index (χ0) is 16.6. The first kappa shape index (κ1) is 17.8. The van der Waals surface area contributed by atoms with Crippen molar-refractivity contribution in [3.05, 3.63) is 0 Å². The molecule has 0 aromatic rings. The lowest BCUT2D eigenvalue weighted by molar-refractivity contribution is 0.00801. The van der Waals surface area contributed by atoms with Crippen molar-refractivity contribution in [3.8, 4) is 0 Å². The Balaban J connectivity index is 1.86. The summed E-state index contributed by atoms with van der Waals surface area (Å²) in [6.07, 6.45) is 1.65. The number of carbonyl (C=O) groups is 1. The molecule has 0 aromatic carbocycles. The number of halogens is 1. The molecule has 1 spiro atoms. The van der Waals surface area contributed by atoms with Crippen LogP contribution in [0.2, 0.25) is 0 Å². The predicted molar refractivity (Wildman–Crippen MR) is 83.5 cm³/mol. The van der Waals surface area contributed by atoms with Gasteiger partial charge in [-0.1, -0.05) is 0 Å². The number of nitrogens with zero attached hydrogens (tertiary/aromatic N) is 1. The summed E-state index contributed by atoms with van der Waals surface area (Å²) in [6.45, 7) is 7.29. The fourth-order valence-electron chi connectivity index (χ4n) is 3.06. The van der Waals surface area contributed by atoms with Gasteiger partial charge in [-0.25, -0.2) is 13.2 Å². The van der Waals surface area contributed by atoms with Crippen molar-refractivity contribution in [2.24, 2.45) is 5.41 Å². The van der Waals surface area contributed by atoms with Crippen LogP contribution < -0.4 is 0 Å². The van der Waals surface area contributed by atoms with Crippen molar-refractivity contribution in [2.75, 3.05) is 25.4 Å². The normalized spacial score (nSPS) is 25.5. The molecular formula is C14H24ClNO5S. The summed E-state index contributed by atoms with van der Waals surface area (Å²) in [5.41, 5.74) is -0.534. The molecular weight excluding hydrogens is 330 g/mol. The van der Waals surface area contributed by atoms with Crippen LogP contribution in [0.3, 0.4) is 0 Å². The Morgan fingerprint density at radius 2 is 1.95 bits per heavy atom. The van der Waals surface area contributed by atoms with Gasteiger partial charge in [-0.15, -0.1) is 0 Å². The van der Waals surface area contributed by atoms with E-state index in [9.17, 15) is 13.2 Å². The van der Waals surface area contributed by atoms with Crippen LogP contribution in [0.4, 0.5) is 4.79 Å². The zero-order valence-corrected chi connectivity index (χ0v) is 14.9. The van der Waals surface area contributed by atoms with Gasteiger partial charge in [0.1, 0.15) is 5.60 Å². The van der Waals surface area contributed by atoms with Crippen LogP contribution in [-0.4, -0.2) is 56.6 Å². The van der Waals surface area contributed by atoms with Gasteiger partial charge in [-0.2, -0.15) is 0 Å². The number of ether oxygens (including phenoxy) is 2. The summed E-state index contributed by atoms with van der Waals surface area (Å²) < 4.78 is 33.3. The van der Waals surface area contributed by atoms with Crippen molar-refractivity contribution < 1.29 is 22.7 Å². The summed E-state index contributed by atoms with van der Waals surface area (Å²) in [7, 11) is 1.74. The first-order valence-electron chi connectivity index (χ1n) is 7.50. The third-order valence-corrected chi connectivity index (χ3v) is 5.29. The molecule has 2 rings (SSSR count). The Bertz CT molecular complexity index is 520. The van der Waals surface area contributed by atoms with Crippen LogP contribution in [0.5, 0.6) is 0 Å². The minimum Gasteiger partial charge on any atom is -0.444 e. The second kappa shape index (κ2) is 6.17. The van der Waals surface area contributed by atoms with Gasteiger partial charge in [-0.3, -0.25) is 0 Å². The number of piperidine rings is 1. The third kappa shape index (κ3) is 4.99. The second-order valence-electron chi connectivity index (χ2n) is 7.31. The molecule has 0 saturated carbocycles. The smallest absolute Gasteiger partial charge is 0.410 e.